The van der Waals surface area contributed by atoms with Crippen LogP contribution in [0.15, 0.2) is 91.3 Å². The summed E-state index contributed by atoms with van der Waals surface area (Å²) in [6.07, 6.45) is 8.38. The molecule has 3 aliphatic rings. The van der Waals surface area contributed by atoms with Crippen molar-refractivity contribution in [3.8, 4) is 33.6 Å². The number of nitrogens with zero attached hydrogens (tertiary/aromatic N) is 5. The maximum Gasteiger partial charge on any atom is 0.404 e. The lowest BCUT2D eigenvalue weighted by Crippen LogP contribution is -2.45. The van der Waals surface area contributed by atoms with Gasteiger partial charge in [0.25, 0.3) is 0 Å². The van der Waals surface area contributed by atoms with Gasteiger partial charge in [0.2, 0.25) is 11.8 Å². The Bertz CT molecular complexity index is 2160. The Labute approximate surface area is 333 Å². The standard InChI is InChI=1S/C45H52N8O4/c1-3-51(4-2)40(33-11-6-5-7-12-33)44(55)53-26-10-16-39(53)42-47-28-37(49-42)32-23-19-30(20-24-32)29-17-21-31(22-18-29)36-27-46-41(48-36)38-15-9-25-52(38)43(54)34-13-8-14-35(34)50-45(56)57/h5-7,11-12,17-24,27-28,34-35,38-40,50H,3-4,8-10,13-16,25-26H2,1-2H3,(H,46,48)(H,47,49)(H,56,57)/t34-,35-,38-,39-,40+/m0/s1. The van der Waals surface area contributed by atoms with Gasteiger partial charge < -0.3 is 30.2 Å². The molecule has 1 saturated carbocycles. The van der Waals surface area contributed by atoms with Gasteiger partial charge in [-0.15, -0.1) is 0 Å². The molecule has 12 heteroatoms. The Morgan fingerprint density at radius 1 is 0.719 bits per heavy atom. The molecule has 5 atom stereocenters. The van der Waals surface area contributed by atoms with Crippen LogP contribution in [0.2, 0.25) is 0 Å². The van der Waals surface area contributed by atoms with E-state index in [4.69, 9.17) is 9.97 Å². The summed E-state index contributed by atoms with van der Waals surface area (Å²) < 4.78 is 0. The van der Waals surface area contributed by atoms with Gasteiger partial charge in [-0.1, -0.05) is 99.1 Å². The van der Waals surface area contributed by atoms with Crippen LogP contribution in [0.25, 0.3) is 33.6 Å². The fourth-order valence-electron chi connectivity index (χ4n) is 9.31. The van der Waals surface area contributed by atoms with Crippen molar-refractivity contribution in [3.05, 3.63) is 108 Å². The van der Waals surface area contributed by atoms with Crippen LogP contribution in [0.3, 0.4) is 0 Å². The summed E-state index contributed by atoms with van der Waals surface area (Å²) in [6, 6.07) is 26.0. The van der Waals surface area contributed by atoms with Crippen LogP contribution in [0.1, 0.15) is 94.1 Å². The summed E-state index contributed by atoms with van der Waals surface area (Å²) in [7, 11) is 0. The minimum atomic E-state index is -1.08. The number of benzene rings is 3. The maximum atomic E-state index is 14.2. The fraction of sp³-hybridized carbons (Fsp3) is 0.400. The van der Waals surface area contributed by atoms with E-state index in [9.17, 15) is 19.5 Å². The van der Waals surface area contributed by atoms with E-state index >= 15 is 0 Å². The van der Waals surface area contributed by atoms with Gasteiger partial charge in [0.15, 0.2) is 0 Å². The summed E-state index contributed by atoms with van der Waals surface area (Å²) in [5.41, 5.74) is 7.05. The van der Waals surface area contributed by atoms with Crippen molar-refractivity contribution >= 4 is 17.9 Å². The van der Waals surface area contributed by atoms with Gasteiger partial charge in [-0.3, -0.25) is 14.5 Å². The van der Waals surface area contributed by atoms with Crippen LogP contribution in [0.4, 0.5) is 4.79 Å². The molecule has 2 aliphatic heterocycles. The van der Waals surface area contributed by atoms with Crippen LogP contribution in [0.5, 0.6) is 0 Å². The molecular formula is C45H52N8O4. The van der Waals surface area contributed by atoms with Gasteiger partial charge in [0, 0.05) is 19.1 Å². The Morgan fingerprint density at radius 2 is 1.25 bits per heavy atom. The first-order valence-corrected chi connectivity index (χ1v) is 20.5. The van der Waals surface area contributed by atoms with Crippen molar-refractivity contribution < 1.29 is 19.5 Å². The van der Waals surface area contributed by atoms with Gasteiger partial charge >= 0.3 is 6.09 Å². The number of carbonyl (C=O) groups is 3. The molecule has 5 aromatic rings. The number of rotatable bonds is 12. The zero-order chi connectivity index (χ0) is 39.5. The number of H-pyrrole nitrogens is 2. The van der Waals surface area contributed by atoms with E-state index in [0.717, 1.165) is 103 Å². The number of imidazole rings is 2. The lowest BCUT2D eigenvalue weighted by molar-refractivity contribution is -0.138. The molecule has 0 spiro atoms. The highest BCUT2D eigenvalue weighted by Gasteiger charge is 2.41. The van der Waals surface area contributed by atoms with Crippen LogP contribution in [0, 0.1) is 5.92 Å². The molecule has 8 rings (SSSR count). The molecule has 12 nitrogen and oxygen atoms in total. The maximum absolute atomic E-state index is 14.2. The summed E-state index contributed by atoms with van der Waals surface area (Å²) >= 11 is 0. The third kappa shape index (κ3) is 7.83. The van der Waals surface area contributed by atoms with E-state index in [1.807, 2.05) is 40.4 Å². The first-order valence-electron chi connectivity index (χ1n) is 20.5. The third-order valence-electron chi connectivity index (χ3n) is 12.3. The number of hydrogen-bond acceptors (Lipinski definition) is 6. The molecule has 3 amide bonds. The minimum absolute atomic E-state index is 0.0191. The molecule has 1 aliphatic carbocycles. The number of hydrogen-bond donors (Lipinski definition) is 4. The Hall–Kier alpha value is -5.75. The zero-order valence-electron chi connectivity index (χ0n) is 32.7. The number of carbonyl (C=O) groups excluding carboxylic acids is 2. The van der Waals surface area contributed by atoms with Crippen molar-refractivity contribution in [2.75, 3.05) is 26.2 Å². The Kier molecular flexibility index (Phi) is 11.2. The second-order valence-corrected chi connectivity index (χ2v) is 15.5. The first kappa shape index (κ1) is 38.1. The molecular weight excluding hydrogens is 717 g/mol. The van der Waals surface area contributed by atoms with Crippen LogP contribution in [-0.2, 0) is 9.59 Å². The Balaban J connectivity index is 0.922. The van der Waals surface area contributed by atoms with Crippen molar-refractivity contribution in [2.45, 2.75) is 83.0 Å². The van der Waals surface area contributed by atoms with Crippen LogP contribution in [-0.4, -0.2) is 89.9 Å². The average Bonchev–Trinajstić information content (AvgIpc) is 4.09. The largest absolute Gasteiger partial charge is 0.465 e. The van der Waals surface area contributed by atoms with Gasteiger partial charge in [0.05, 0.1) is 41.8 Å². The van der Waals surface area contributed by atoms with E-state index in [2.05, 4.69) is 94.7 Å². The SMILES string of the molecule is CCN(CC)[C@@H](C(=O)N1CCC[C@H]1c1ncc(-c2ccc(-c3ccc(-c4cnc([C@@H]5CCCN5C(=O)[C@H]5CCC[C@@H]5NC(=O)O)[nH]4)cc3)cc2)[nH]1)c1ccccc1. The summed E-state index contributed by atoms with van der Waals surface area (Å²) in [4.78, 5) is 61.8. The third-order valence-corrected chi connectivity index (χ3v) is 12.3. The Morgan fingerprint density at radius 3 is 1.79 bits per heavy atom. The lowest BCUT2D eigenvalue weighted by Gasteiger charge is -2.34. The summed E-state index contributed by atoms with van der Waals surface area (Å²) in [5, 5.41) is 11.8. The molecule has 0 bridgehead atoms. The van der Waals surface area contributed by atoms with Gasteiger partial charge in [-0.25, -0.2) is 14.8 Å². The number of aromatic nitrogens is 4. The lowest BCUT2D eigenvalue weighted by atomic mass is 10.0. The van der Waals surface area contributed by atoms with E-state index in [-0.39, 0.29) is 41.9 Å². The zero-order valence-corrected chi connectivity index (χ0v) is 32.7. The van der Waals surface area contributed by atoms with Gasteiger partial charge in [0.1, 0.15) is 17.7 Å². The predicted octanol–water partition coefficient (Wildman–Crippen LogP) is 7.98. The van der Waals surface area contributed by atoms with Crippen molar-refractivity contribution in [1.82, 2.24) is 40.0 Å². The molecule has 296 valence electrons. The number of likely N-dealkylation sites (N-methyl/N-ethyl adjacent to an activating group) is 1. The second kappa shape index (κ2) is 16.8. The molecule has 4 N–H and O–H groups in total. The highest BCUT2D eigenvalue weighted by Crippen LogP contribution is 2.38. The molecule has 0 unspecified atom stereocenters. The van der Waals surface area contributed by atoms with Crippen LogP contribution >= 0.6 is 0 Å². The number of nitrogens with one attached hydrogen (secondary N) is 3. The number of aromatic amines is 2. The number of carboxylic acid groups (broad SMARTS) is 1. The highest BCUT2D eigenvalue weighted by atomic mass is 16.4. The van der Waals surface area contributed by atoms with Crippen LogP contribution < -0.4 is 5.32 Å². The predicted molar refractivity (Wildman–Crippen MR) is 219 cm³/mol. The first-order chi connectivity index (χ1) is 27.8. The van der Waals surface area contributed by atoms with E-state index in [0.29, 0.717) is 19.4 Å². The minimum Gasteiger partial charge on any atom is -0.465 e. The molecule has 4 heterocycles. The van der Waals surface area contributed by atoms with E-state index < -0.39 is 6.09 Å². The van der Waals surface area contributed by atoms with Crippen molar-refractivity contribution in [3.63, 3.8) is 0 Å². The van der Waals surface area contributed by atoms with Gasteiger partial charge in [-0.05, 0) is 79.4 Å². The van der Waals surface area contributed by atoms with Crippen molar-refractivity contribution in [1.29, 1.82) is 0 Å². The summed E-state index contributed by atoms with van der Waals surface area (Å²) in [6.45, 7) is 7.17. The second-order valence-electron chi connectivity index (χ2n) is 15.5. The highest BCUT2D eigenvalue weighted by molar-refractivity contribution is 5.84. The fourth-order valence-corrected chi connectivity index (χ4v) is 9.31. The normalized spacial score (nSPS) is 21.3. The quantitative estimate of drug-likeness (QED) is 0.101. The number of amides is 3. The molecule has 3 fully saturated rings. The smallest absolute Gasteiger partial charge is 0.404 e. The summed E-state index contributed by atoms with van der Waals surface area (Å²) in [5.74, 6) is 1.41. The molecule has 57 heavy (non-hydrogen) atoms. The monoisotopic (exact) mass is 768 g/mol. The number of likely N-dealkylation sites (tertiary alicyclic amines) is 2. The topological polar surface area (TPSA) is 151 Å². The molecule has 2 saturated heterocycles. The molecule has 3 aromatic carbocycles. The average molecular weight is 769 g/mol. The van der Waals surface area contributed by atoms with E-state index in [1.54, 1.807) is 0 Å². The molecule has 2 aromatic heterocycles. The van der Waals surface area contributed by atoms with E-state index in [1.165, 1.54) is 0 Å². The van der Waals surface area contributed by atoms with Gasteiger partial charge in [-0.2, -0.15) is 0 Å². The van der Waals surface area contributed by atoms with Crippen molar-refractivity contribution in [2.24, 2.45) is 5.92 Å². The molecule has 0 radical (unpaired) electrons.